The Hall–Kier alpha value is -1.66. The molecule has 7 heteroatoms. The number of likely N-dealkylation sites (N-methyl/N-ethyl adjacent to an activating group) is 1. The van der Waals surface area contributed by atoms with Gasteiger partial charge in [0.25, 0.3) is 5.91 Å². The van der Waals surface area contributed by atoms with Gasteiger partial charge in [-0.15, -0.1) is 12.4 Å². The second-order valence-corrected chi connectivity index (χ2v) is 4.71. The van der Waals surface area contributed by atoms with Gasteiger partial charge in [0, 0.05) is 31.7 Å². The number of carbonyl (C=O) groups excluding carboxylic acids is 2. The Kier molecular flexibility index (Phi) is 6.58. The van der Waals surface area contributed by atoms with Gasteiger partial charge in [0.15, 0.2) is 0 Å². The zero-order valence-corrected chi connectivity index (χ0v) is 12.7. The Balaban J connectivity index is 0.00000220. The number of hydrogen-bond acceptors (Lipinski definition) is 3. The predicted molar refractivity (Wildman–Crippen MR) is 80.1 cm³/mol. The average Bonchev–Trinajstić information content (AvgIpc) is 2.47. The van der Waals surface area contributed by atoms with Crippen molar-refractivity contribution in [2.75, 3.05) is 39.8 Å². The molecule has 1 fully saturated rings. The topological polar surface area (TPSA) is 52.7 Å². The Labute approximate surface area is 129 Å². The molecule has 5 nitrogen and oxygen atoms in total. The molecule has 0 radical (unpaired) electrons. The molecule has 1 heterocycles. The second kappa shape index (κ2) is 7.95. The molecule has 0 spiro atoms. The van der Waals surface area contributed by atoms with E-state index in [-0.39, 0.29) is 24.2 Å². The van der Waals surface area contributed by atoms with E-state index in [4.69, 9.17) is 0 Å². The second-order valence-electron chi connectivity index (χ2n) is 4.71. The largest absolute Gasteiger partial charge is 0.338 e. The maximum atomic E-state index is 13.1. The minimum atomic E-state index is -0.418. The van der Waals surface area contributed by atoms with Crippen molar-refractivity contribution in [2.45, 2.75) is 0 Å². The minimum absolute atomic E-state index is 0. The number of nitrogens with one attached hydrogen (secondary N) is 1. The monoisotopic (exact) mass is 315 g/mol. The minimum Gasteiger partial charge on any atom is -0.338 e. The van der Waals surface area contributed by atoms with Crippen LogP contribution >= 0.6 is 12.4 Å². The third-order valence-electron chi connectivity index (χ3n) is 3.32. The fourth-order valence-electron chi connectivity index (χ4n) is 2.23. The molecule has 1 saturated heterocycles. The van der Waals surface area contributed by atoms with Gasteiger partial charge in [-0.3, -0.25) is 9.59 Å². The van der Waals surface area contributed by atoms with Crippen LogP contribution in [0.5, 0.6) is 0 Å². The highest BCUT2D eigenvalue weighted by Gasteiger charge is 2.24. The number of piperazine rings is 1. The van der Waals surface area contributed by atoms with Gasteiger partial charge in [-0.05, 0) is 25.2 Å². The molecule has 0 aromatic heterocycles. The zero-order chi connectivity index (χ0) is 14.5. The summed E-state index contributed by atoms with van der Waals surface area (Å²) in [5.41, 5.74) is 0.347. The first kappa shape index (κ1) is 17.4. The number of nitrogens with zero attached hydrogens (tertiary/aromatic N) is 2. The lowest BCUT2D eigenvalue weighted by Crippen LogP contribution is -2.52. The molecule has 2 rings (SSSR count). The van der Waals surface area contributed by atoms with E-state index in [9.17, 15) is 14.0 Å². The maximum absolute atomic E-state index is 13.1. The lowest BCUT2D eigenvalue weighted by Gasteiger charge is -2.34. The molecule has 1 aromatic carbocycles. The number of benzene rings is 1. The van der Waals surface area contributed by atoms with E-state index >= 15 is 0 Å². The van der Waals surface area contributed by atoms with Crippen LogP contribution in [0.25, 0.3) is 0 Å². The molecule has 2 amide bonds. The Bertz CT molecular complexity index is 505. The molecule has 116 valence electrons. The van der Waals surface area contributed by atoms with Gasteiger partial charge in [0.1, 0.15) is 5.82 Å². The van der Waals surface area contributed by atoms with Crippen molar-refractivity contribution >= 4 is 24.2 Å². The van der Waals surface area contributed by atoms with Crippen LogP contribution in [0.2, 0.25) is 0 Å². The standard InChI is InChI=1S/C14H18FN3O2.ClH/c1-16-10-13(19)17-5-7-18(8-6-17)14(20)11-3-2-4-12(15)9-11;/h2-4,9,16H,5-8,10H2,1H3;1H. The van der Waals surface area contributed by atoms with Crippen molar-refractivity contribution < 1.29 is 14.0 Å². The highest BCUT2D eigenvalue weighted by Crippen LogP contribution is 2.10. The van der Waals surface area contributed by atoms with E-state index in [0.717, 1.165) is 0 Å². The molecular weight excluding hydrogens is 297 g/mol. The summed E-state index contributed by atoms with van der Waals surface area (Å²) < 4.78 is 13.1. The van der Waals surface area contributed by atoms with E-state index in [1.165, 1.54) is 18.2 Å². The average molecular weight is 316 g/mol. The first-order valence-corrected chi connectivity index (χ1v) is 6.59. The molecule has 1 aliphatic rings. The summed E-state index contributed by atoms with van der Waals surface area (Å²) in [6, 6.07) is 5.67. The van der Waals surface area contributed by atoms with Crippen LogP contribution in [0.1, 0.15) is 10.4 Å². The van der Waals surface area contributed by atoms with Crippen LogP contribution in [0.3, 0.4) is 0 Å². The van der Waals surface area contributed by atoms with Gasteiger partial charge in [0.2, 0.25) is 5.91 Å². The van der Waals surface area contributed by atoms with Gasteiger partial charge >= 0.3 is 0 Å². The summed E-state index contributed by atoms with van der Waals surface area (Å²) >= 11 is 0. The van der Waals surface area contributed by atoms with Crippen molar-refractivity contribution in [1.29, 1.82) is 0 Å². The molecular formula is C14H19ClFN3O2. The molecule has 0 bridgehead atoms. The van der Waals surface area contributed by atoms with Crippen LogP contribution in [0.4, 0.5) is 4.39 Å². The van der Waals surface area contributed by atoms with Gasteiger partial charge in [0.05, 0.1) is 6.54 Å². The van der Waals surface area contributed by atoms with Crippen molar-refractivity contribution in [3.05, 3.63) is 35.6 Å². The quantitative estimate of drug-likeness (QED) is 0.895. The van der Waals surface area contributed by atoms with Crippen molar-refractivity contribution in [3.63, 3.8) is 0 Å². The highest BCUT2D eigenvalue weighted by molar-refractivity contribution is 5.94. The molecule has 21 heavy (non-hydrogen) atoms. The van der Waals surface area contributed by atoms with Crippen LogP contribution < -0.4 is 5.32 Å². The molecule has 1 N–H and O–H groups in total. The third-order valence-corrected chi connectivity index (χ3v) is 3.32. The Morgan fingerprint density at radius 3 is 2.38 bits per heavy atom. The highest BCUT2D eigenvalue weighted by atomic mass is 35.5. The molecule has 0 unspecified atom stereocenters. The zero-order valence-electron chi connectivity index (χ0n) is 11.8. The summed E-state index contributed by atoms with van der Waals surface area (Å²) in [5.74, 6) is -0.575. The number of carbonyl (C=O) groups is 2. The van der Waals surface area contributed by atoms with Gasteiger partial charge in [-0.25, -0.2) is 4.39 Å². The molecule has 0 atom stereocenters. The molecule has 1 aromatic rings. The van der Waals surface area contributed by atoms with Gasteiger partial charge in [-0.1, -0.05) is 6.07 Å². The van der Waals surface area contributed by atoms with Crippen molar-refractivity contribution in [3.8, 4) is 0 Å². The van der Waals surface area contributed by atoms with Crippen molar-refractivity contribution in [1.82, 2.24) is 15.1 Å². The van der Waals surface area contributed by atoms with Gasteiger partial charge in [-0.2, -0.15) is 0 Å². The Morgan fingerprint density at radius 1 is 1.19 bits per heavy atom. The van der Waals surface area contributed by atoms with Crippen molar-refractivity contribution in [2.24, 2.45) is 0 Å². The van der Waals surface area contributed by atoms with Gasteiger partial charge < -0.3 is 15.1 Å². The maximum Gasteiger partial charge on any atom is 0.254 e. The van der Waals surface area contributed by atoms with Crippen LogP contribution in [-0.2, 0) is 4.79 Å². The Morgan fingerprint density at radius 2 is 1.81 bits per heavy atom. The summed E-state index contributed by atoms with van der Waals surface area (Å²) in [7, 11) is 1.72. The summed E-state index contributed by atoms with van der Waals surface area (Å²) in [6.45, 7) is 2.29. The fraction of sp³-hybridized carbons (Fsp3) is 0.429. The normalized spacial score (nSPS) is 14.6. The summed E-state index contributed by atoms with van der Waals surface area (Å²) in [5, 5.41) is 2.82. The fourth-order valence-corrected chi connectivity index (χ4v) is 2.23. The van der Waals surface area contributed by atoms with Crippen LogP contribution in [0, 0.1) is 5.82 Å². The lowest BCUT2D eigenvalue weighted by atomic mass is 10.1. The SMILES string of the molecule is CNCC(=O)N1CCN(C(=O)c2cccc(F)c2)CC1.Cl. The molecule has 0 saturated carbocycles. The van der Waals surface area contributed by atoms with Crippen LogP contribution in [-0.4, -0.2) is 61.4 Å². The van der Waals surface area contributed by atoms with E-state index < -0.39 is 5.82 Å². The molecule has 0 aliphatic carbocycles. The van der Waals surface area contributed by atoms with E-state index in [1.54, 1.807) is 22.9 Å². The summed E-state index contributed by atoms with van der Waals surface area (Å²) in [4.78, 5) is 27.3. The lowest BCUT2D eigenvalue weighted by molar-refractivity contribution is -0.131. The first-order valence-electron chi connectivity index (χ1n) is 6.59. The van der Waals surface area contributed by atoms with E-state index in [2.05, 4.69) is 5.32 Å². The number of hydrogen-bond donors (Lipinski definition) is 1. The summed E-state index contributed by atoms with van der Waals surface area (Å²) in [6.07, 6.45) is 0. The number of halogens is 2. The number of rotatable bonds is 3. The van der Waals surface area contributed by atoms with E-state index in [0.29, 0.717) is 38.3 Å². The third kappa shape index (κ3) is 4.41. The smallest absolute Gasteiger partial charge is 0.254 e. The predicted octanol–water partition coefficient (Wildman–Crippen LogP) is 0.751. The molecule has 1 aliphatic heterocycles. The van der Waals surface area contributed by atoms with E-state index in [1.807, 2.05) is 0 Å². The van der Waals surface area contributed by atoms with Crippen LogP contribution in [0.15, 0.2) is 24.3 Å². The first-order chi connectivity index (χ1) is 9.61. The number of amides is 2.